The number of aryl methyl sites for hydroxylation is 1. The zero-order valence-electron chi connectivity index (χ0n) is 10.6. The summed E-state index contributed by atoms with van der Waals surface area (Å²) in [7, 11) is -3.68. The molecule has 2 rings (SSSR count). The number of hydrogen-bond acceptors (Lipinski definition) is 3. The number of nitrogens with one attached hydrogen (secondary N) is 1. The highest BCUT2D eigenvalue weighted by molar-refractivity contribution is 7.92. The molecule has 102 valence electrons. The molecule has 2 aromatic carbocycles. The summed E-state index contributed by atoms with van der Waals surface area (Å²) < 4.78 is 27.0. The van der Waals surface area contributed by atoms with E-state index in [0.29, 0.717) is 11.3 Å². The van der Waals surface area contributed by atoms with Crippen molar-refractivity contribution in [1.82, 2.24) is 0 Å². The SMILES string of the molecule is Cc1ccccc1S(=O)(=O)Nc1ccc(Cl)c(C#N)c1. The van der Waals surface area contributed by atoms with Gasteiger partial charge in [-0.05, 0) is 36.8 Å². The number of nitriles is 1. The third-order valence-corrected chi connectivity index (χ3v) is 4.59. The second-order valence-corrected chi connectivity index (χ2v) is 6.24. The maximum absolute atomic E-state index is 12.3. The number of halogens is 1. The molecule has 0 spiro atoms. The summed E-state index contributed by atoms with van der Waals surface area (Å²) in [5, 5.41) is 9.17. The molecular weight excluding hydrogens is 296 g/mol. The predicted octanol–water partition coefficient (Wildman–Crippen LogP) is 3.32. The summed E-state index contributed by atoms with van der Waals surface area (Å²) in [6.07, 6.45) is 0. The van der Waals surface area contributed by atoms with E-state index in [9.17, 15) is 8.42 Å². The highest BCUT2D eigenvalue weighted by Crippen LogP contribution is 2.23. The van der Waals surface area contributed by atoms with Crippen molar-refractivity contribution in [3.63, 3.8) is 0 Å². The van der Waals surface area contributed by atoms with Gasteiger partial charge in [-0.3, -0.25) is 4.72 Å². The average Bonchev–Trinajstić information content (AvgIpc) is 2.41. The molecule has 0 heterocycles. The van der Waals surface area contributed by atoms with Gasteiger partial charge in [-0.2, -0.15) is 5.26 Å². The van der Waals surface area contributed by atoms with E-state index in [1.807, 2.05) is 6.07 Å². The number of hydrogen-bond donors (Lipinski definition) is 1. The van der Waals surface area contributed by atoms with Crippen LogP contribution in [0.2, 0.25) is 5.02 Å². The molecule has 0 atom stereocenters. The lowest BCUT2D eigenvalue weighted by Crippen LogP contribution is -2.14. The molecular formula is C14H11ClN2O2S. The Hall–Kier alpha value is -2.03. The van der Waals surface area contributed by atoms with Crippen LogP contribution in [-0.2, 0) is 10.0 Å². The van der Waals surface area contributed by atoms with Gasteiger partial charge in [0.1, 0.15) is 6.07 Å². The molecule has 0 bridgehead atoms. The van der Waals surface area contributed by atoms with Gasteiger partial charge in [0.25, 0.3) is 10.0 Å². The van der Waals surface area contributed by atoms with Crippen molar-refractivity contribution < 1.29 is 8.42 Å². The lowest BCUT2D eigenvalue weighted by atomic mass is 10.2. The normalized spacial score (nSPS) is 10.8. The van der Waals surface area contributed by atoms with Crippen molar-refractivity contribution in [3.05, 3.63) is 58.6 Å². The van der Waals surface area contributed by atoms with Crippen LogP contribution in [0.3, 0.4) is 0 Å². The van der Waals surface area contributed by atoms with E-state index in [-0.39, 0.29) is 15.5 Å². The second kappa shape index (κ2) is 5.53. The van der Waals surface area contributed by atoms with Gasteiger partial charge >= 0.3 is 0 Å². The van der Waals surface area contributed by atoms with Crippen molar-refractivity contribution in [1.29, 1.82) is 5.26 Å². The largest absolute Gasteiger partial charge is 0.280 e. The molecule has 6 heteroatoms. The Morgan fingerprint density at radius 3 is 2.55 bits per heavy atom. The van der Waals surface area contributed by atoms with Crippen molar-refractivity contribution in [2.24, 2.45) is 0 Å². The topological polar surface area (TPSA) is 70.0 Å². The van der Waals surface area contributed by atoms with Crippen LogP contribution in [0, 0.1) is 18.3 Å². The van der Waals surface area contributed by atoms with Crippen LogP contribution in [0.15, 0.2) is 47.4 Å². The Kier molecular flexibility index (Phi) is 3.98. The molecule has 0 unspecified atom stereocenters. The van der Waals surface area contributed by atoms with Gasteiger partial charge in [0.15, 0.2) is 0 Å². The smallest absolute Gasteiger partial charge is 0.262 e. The van der Waals surface area contributed by atoms with Crippen LogP contribution in [0.25, 0.3) is 0 Å². The first kappa shape index (κ1) is 14.4. The Morgan fingerprint density at radius 2 is 1.90 bits per heavy atom. The van der Waals surface area contributed by atoms with Crippen molar-refractivity contribution in [2.45, 2.75) is 11.8 Å². The third kappa shape index (κ3) is 2.93. The Bertz CT molecular complexity index is 795. The Morgan fingerprint density at radius 1 is 1.20 bits per heavy atom. The number of rotatable bonds is 3. The number of sulfonamides is 1. The minimum atomic E-state index is -3.68. The van der Waals surface area contributed by atoms with Gasteiger partial charge in [0, 0.05) is 0 Å². The molecule has 0 saturated carbocycles. The summed E-state index contributed by atoms with van der Waals surface area (Å²) >= 11 is 5.81. The van der Waals surface area contributed by atoms with Crippen LogP contribution >= 0.6 is 11.6 Å². The highest BCUT2D eigenvalue weighted by atomic mass is 35.5. The fourth-order valence-electron chi connectivity index (χ4n) is 1.74. The molecule has 0 aliphatic heterocycles. The van der Waals surface area contributed by atoms with Gasteiger partial charge in [-0.25, -0.2) is 8.42 Å². The quantitative estimate of drug-likeness (QED) is 0.945. The fraction of sp³-hybridized carbons (Fsp3) is 0.0714. The minimum Gasteiger partial charge on any atom is -0.280 e. The zero-order chi connectivity index (χ0) is 14.8. The summed E-state index contributed by atoms with van der Waals surface area (Å²) in [5.41, 5.74) is 1.17. The van der Waals surface area contributed by atoms with Gasteiger partial charge in [-0.1, -0.05) is 29.8 Å². The van der Waals surface area contributed by atoms with Crippen molar-refractivity contribution in [2.75, 3.05) is 4.72 Å². The number of nitrogens with zero attached hydrogens (tertiary/aromatic N) is 1. The molecule has 0 radical (unpaired) electrons. The molecule has 2 aromatic rings. The average molecular weight is 307 g/mol. The first-order chi connectivity index (χ1) is 9.44. The van der Waals surface area contributed by atoms with Gasteiger partial charge < -0.3 is 0 Å². The Balaban J connectivity index is 2.39. The molecule has 0 amide bonds. The Labute approximate surface area is 122 Å². The molecule has 0 fully saturated rings. The van der Waals surface area contributed by atoms with Gasteiger partial charge in [0.05, 0.1) is 21.2 Å². The first-order valence-corrected chi connectivity index (χ1v) is 7.58. The van der Waals surface area contributed by atoms with Crippen LogP contribution in [0.5, 0.6) is 0 Å². The van der Waals surface area contributed by atoms with Crippen LogP contribution < -0.4 is 4.72 Å². The maximum atomic E-state index is 12.3. The zero-order valence-corrected chi connectivity index (χ0v) is 12.2. The summed E-state index contributed by atoms with van der Waals surface area (Å²) in [6, 6.07) is 13.0. The van der Waals surface area contributed by atoms with E-state index in [4.69, 9.17) is 16.9 Å². The molecule has 0 saturated heterocycles. The summed E-state index contributed by atoms with van der Waals surface area (Å²) in [5.74, 6) is 0. The van der Waals surface area contributed by atoms with Crippen molar-refractivity contribution in [3.8, 4) is 6.07 Å². The van der Waals surface area contributed by atoms with E-state index < -0.39 is 10.0 Å². The molecule has 0 aromatic heterocycles. The lowest BCUT2D eigenvalue weighted by Gasteiger charge is -2.10. The van der Waals surface area contributed by atoms with E-state index in [1.165, 1.54) is 24.3 Å². The summed E-state index contributed by atoms with van der Waals surface area (Å²) in [6.45, 7) is 1.72. The monoisotopic (exact) mass is 306 g/mol. The van der Waals surface area contributed by atoms with Crippen LogP contribution in [0.4, 0.5) is 5.69 Å². The minimum absolute atomic E-state index is 0.202. The molecule has 20 heavy (non-hydrogen) atoms. The van der Waals surface area contributed by atoms with Gasteiger partial charge in [0.2, 0.25) is 0 Å². The second-order valence-electron chi connectivity index (χ2n) is 4.18. The van der Waals surface area contributed by atoms with Crippen molar-refractivity contribution >= 4 is 27.3 Å². The van der Waals surface area contributed by atoms with Crippen LogP contribution in [0.1, 0.15) is 11.1 Å². The standard InChI is InChI=1S/C14H11ClN2O2S/c1-10-4-2-3-5-14(10)20(18,19)17-12-6-7-13(15)11(8-12)9-16/h2-8,17H,1H3. The highest BCUT2D eigenvalue weighted by Gasteiger charge is 2.16. The first-order valence-electron chi connectivity index (χ1n) is 5.72. The maximum Gasteiger partial charge on any atom is 0.262 e. The molecule has 1 N–H and O–H groups in total. The fourth-order valence-corrected chi connectivity index (χ4v) is 3.20. The lowest BCUT2D eigenvalue weighted by molar-refractivity contribution is 0.600. The van der Waals surface area contributed by atoms with E-state index in [0.717, 1.165) is 0 Å². The number of anilines is 1. The molecule has 0 aliphatic rings. The van der Waals surface area contributed by atoms with E-state index in [2.05, 4.69) is 4.72 Å². The van der Waals surface area contributed by atoms with Gasteiger partial charge in [-0.15, -0.1) is 0 Å². The number of benzene rings is 2. The summed E-state index contributed by atoms with van der Waals surface area (Å²) in [4.78, 5) is 0.202. The van der Waals surface area contributed by atoms with E-state index >= 15 is 0 Å². The van der Waals surface area contributed by atoms with E-state index in [1.54, 1.807) is 25.1 Å². The molecule has 0 aliphatic carbocycles. The third-order valence-electron chi connectivity index (χ3n) is 2.72. The molecule has 4 nitrogen and oxygen atoms in total. The predicted molar refractivity (Wildman–Crippen MR) is 78.2 cm³/mol. The van der Waals surface area contributed by atoms with Crippen LogP contribution in [-0.4, -0.2) is 8.42 Å².